The molecule has 1 atom stereocenters. The molecule has 0 radical (unpaired) electrons. The zero-order valence-electron chi connectivity index (χ0n) is 18.9. The molecule has 36 heavy (non-hydrogen) atoms. The van der Waals surface area contributed by atoms with E-state index in [1.807, 2.05) is 24.3 Å². The maximum atomic E-state index is 13.1. The molecule has 2 N–H and O–H groups in total. The molecule has 2 aliphatic heterocycles. The molecule has 4 amide bonds. The first kappa shape index (κ1) is 21.7. The van der Waals surface area contributed by atoms with Gasteiger partial charge in [-0.25, -0.2) is 4.68 Å². The number of para-hydroxylation sites is 1. The zero-order chi connectivity index (χ0) is 24.8. The molecule has 1 fully saturated rings. The van der Waals surface area contributed by atoms with Gasteiger partial charge in [-0.2, -0.15) is 0 Å². The maximum absolute atomic E-state index is 13.1. The van der Waals surface area contributed by atoms with Crippen molar-refractivity contribution < 1.29 is 23.6 Å². The standard InChI is InChI=1S/C25H20N6O5/c32-21-7-6-20(24(34)27-21)30-12-16-4-5-17(10-18(16)25(30)35)31-13-19(28-29-31)23(33)26-11-15-3-1-2-14-8-9-36-22(14)15/h1-5,8-10,13,20H,6-7,11-12H2,(H,26,33)(H,27,32,34). The monoisotopic (exact) mass is 484 g/mol. The normalized spacial score (nSPS) is 17.4. The van der Waals surface area contributed by atoms with Crippen molar-refractivity contribution in [3.05, 3.63) is 77.3 Å². The lowest BCUT2D eigenvalue weighted by Crippen LogP contribution is -2.52. The summed E-state index contributed by atoms with van der Waals surface area (Å²) >= 11 is 0. The molecule has 0 saturated carbocycles. The minimum absolute atomic E-state index is 0.124. The van der Waals surface area contributed by atoms with Crippen LogP contribution in [0, 0.1) is 0 Å². The molecule has 6 rings (SSSR count). The Balaban J connectivity index is 1.16. The molecule has 2 aromatic heterocycles. The van der Waals surface area contributed by atoms with Gasteiger partial charge in [0, 0.05) is 36.0 Å². The first-order valence-corrected chi connectivity index (χ1v) is 11.4. The van der Waals surface area contributed by atoms with Gasteiger partial charge in [0.15, 0.2) is 5.69 Å². The molecule has 0 bridgehead atoms. The van der Waals surface area contributed by atoms with E-state index in [4.69, 9.17) is 4.42 Å². The highest BCUT2D eigenvalue weighted by atomic mass is 16.3. The first-order valence-electron chi connectivity index (χ1n) is 11.4. The Kier molecular flexibility index (Phi) is 5.10. The Bertz CT molecular complexity index is 1550. The van der Waals surface area contributed by atoms with E-state index in [0.717, 1.165) is 22.1 Å². The summed E-state index contributed by atoms with van der Waals surface area (Å²) in [6.45, 7) is 0.550. The Morgan fingerprint density at radius 1 is 1.17 bits per heavy atom. The van der Waals surface area contributed by atoms with Crippen LogP contribution in [-0.2, 0) is 22.7 Å². The van der Waals surface area contributed by atoms with Crippen LogP contribution >= 0.6 is 0 Å². The highest BCUT2D eigenvalue weighted by Crippen LogP contribution is 2.29. The summed E-state index contributed by atoms with van der Waals surface area (Å²) in [4.78, 5) is 50.9. The van der Waals surface area contributed by atoms with Gasteiger partial charge in [-0.3, -0.25) is 24.5 Å². The maximum Gasteiger partial charge on any atom is 0.273 e. The van der Waals surface area contributed by atoms with Gasteiger partial charge >= 0.3 is 0 Å². The molecule has 2 aliphatic rings. The van der Waals surface area contributed by atoms with E-state index < -0.39 is 17.9 Å². The third kappa shape index (κ3) is 3.70. The van der Waals surface area contributed by atoms with E-state index in [1.165, 1.54) is 15.8 Å². The van der Waals surface area contributed by atoms with Crippen LogP contribution in [0.1, 0.15) is 44.8 Å². The number of amides is 4. The number of carbonyl (C=O) groups is 4. The molecule has 1 saturated heterocycles. The van der Waals surface area contributed by atoms with Gasteiger partial charge in [0.1, 0.15) is 11.6 Å². The predicted octanol–water partition coefficient (Wildman–Crippen LogP) is 1.70. The van der Waals surface area contributed by atoms with Crippen molar-refractivity contribution in [1.29, 1.82) is 0 Å². The van der Waals surface area contributed by atoms with Gasteiger partial charge < -0.3 is 14.6 Å². The van der Waals surface area contributed by atoms with Crippen LogP contribution < -0.4 is 10.6 Å². The number of nitrogens with one attached hydrogen (secondary N) is 2. The molecule has 0 spiro atoms. The topological polar surface area (TPSA) is 139 Å². The summed E-state index contributed by atoms with van der Waals surface area (Å²) in [6.07, 6.45) is 3.59. The lowest BCUT2D eigenvalue weighted by atomic mass is 10.0. The highest BCUT2D eigenvalue weighted by Gasteiger charge is 2.39. The summed E-state index contributed by atoms with van der Waals surface area (Å²) in [5.41, 5.74) is 3.47. The third-order valence-electron chi connectivity index (χ3n) is 6.50. The van der Waals surface area contributed by atoms with Gasteiger partial charge in [0.05, 0.1) is 18.1 Å². The second-order valence-electron chi connectivity index (χ2n) is 8.73. The van der Waals surface area contributed by atoms with Gasteiger partial charge in [-0.05, 0) is 30.2 Å². The van der Waals surface area contributed by atoms with E-state index in [9.17, 15) is 19.2 Å². The fourth-order valence-corrected chi connectivity index (χ4v) is 4.64. The first-order chi connectivity index (χ1) is 17.5. The Morgan fingerprint density at radius 2 is 2.06 bits per heavy atom. The summed E-state index contributed by atoms with van der Waals surface area (Å²) < 4.78 is 6.92. The Hall–Kier alpha value is -4.80. The van der Waals surface area contributed by atoms with Crippen molar-refractivity contribution in [3.8, 4) is 5.69 Å². The second kappa shape index (κ2) is 8.45. The number of hydrogen-bond donors (Lipinski definition) is 2. The van der Waals surface area contributed by atoms with Gasteiger partial charge in [0.25, 0.3) is 11.8 Å². The zero-order valence-corrected chi connectivity index (χ0v) is 18.9. The molecule has 11 nitrogen and oxygen atoms in total. The van der Waals surface area contributed by atoms with Crippen LogP contribution in [0.4, 0.5) is 0 Å². The number of imide groups is 1. The second-order valence-corrected chi connectivity index (χ2v) is 8.73. The summed E-state index contributed by atoms with van der Waals surface area (Å²) in [5, 5.41) is 14.1. The van der Waals surface area contributed by atoms with Crippen LogP contribution in [0.5, 0.6) is 0 Å². The third-order valence-corrected chi connectivity index (χ3v) is 6.50. The number of furan rings is 1. The minimum atomic E-state index is -0.681. The van der Waals surface area contributed by atoms with Crippen LogP contribution in [0.25, 0.3) is 16.7 Å². The number of rotatable bonds is 5. The lowest BCUT2D eigenvalue weighted by Gasteiger charge is -2.29. The summed E-state index contributed by atoms with van der Waals surface area (Å²) in [5.74, 6) is -1.47. The van der Waals surface area contributed by atoms with Crippen LogP contribution in [0.15, 0.2) is 59.3 Å². The van der Waals surface area contributed by atoms with E-state index >= 15 is 0 Å². The Morgan fingerprint density at radius 3 is 2.92 bits per heavy atom. The smallest absolute Gasteiger partial charge is 0.273 e. The minimum Gasteiger partial charge on any atom is -0.464 e. The lowest BCUT2D eigenvalue weighted by molar-refractivity contribution is -0.136. The van der Waals surface area contributed by atoms with Crippen LogP contribution in [0.3, 0.4) is 0 Å². The SMILES string of the molecule is O=C1CCC(N2Cc3ccc(-n4cc(C(=O)NCc5cccc6ccoc56)nn4)cc3C2=O)C(=O)N1. The number of aromatic nitrogens is 3. The van der Waals surface area contributed by atoms with Crippen LogP contribution in [0.2, 0.25) is 0 Å². The molecule has 2 aromatic carbocycles. The number of piperidine rings is 1. The van der Waals surface area contributed by atoms with Crippen molar-refractivity contribution in [1.82, 2.24) is 30.5 Å². The van der Waals surface area contributed by atoms with Gasteiger partial charge in [-0.1, -0.05) is 29.5 Å². The fourth-order valence-electron chi connectivity index (χ4n) is 4.64. The molecule has 4 aromatic rings. The molecular weight excluding hydrogens is 464 g/mol. The van der Waals surface area contributed by atoms with Crippen molar-refractivity contribution in [2.24, 2.45) is 0 Å². The molecule has 0 aliphatic carbocycles. The number of hydrogen-bond acceptors (Lipinski definition) is 7. The molecule has 1 unspecified atom stereocenters. The van der Waals surface area contributed by atoms with Gasteiger partial charge in [0.2, 0.25) is 11.8 Å². The average molecular weight is 484 g/mol. The van der Waals surface area contributed by atoms with Crippen LogP contribution in [-0.4, -0.2) is 49.6 Å². The van der Waals surface area contributed by atoms with Crippen molar-refractivity contribution in [2.45, 2.75) is 32.0 Å². The fraction of sp³-hybridized carbons (Fsp3) is 0.200. The van der Waals surface area contributed by atoms with Gasteiger partial charge in [-0.15, -0.1) is 5.10 Å². The Labute approximate surface area is 204 Å². The van der Waals surface area contributed by atoms with Crippen molar-refractivity contribution in [3.63, 3.8) is 0 Å². The number of benzene rings is 2. The molecule has 180 valence electrons. The van der Waals surface area contributed by atoms with Crippen molar-refractivity contribution >= 4 is 34.6 Å². The van der Waals surface area contributed by atoms with Crippen molar-refractivity contribution in [2.75, 3.05) is 0 Å². The summed E-state index contributed by atoms with van der Waals surface area (Å²) in [6, 6.07) is 12.1. The highest BCUT2D eigenvalue weighted by molar-refractivity contribution is 6.05. The van der Waals surface area contributed by atoms with E-state index in [-0.39, 0.29) is 37.0 Å². The molecular formula is C25H20N6O5. The van der Waals surface area contributed by atoms with E-state index in [2.05, 4.69) is 20.9 Å². The number of fused-ring (bicyclic) bond motifs is 2. The molecule has 4 heterocycles. The quantitative estimate of drug-likeness (QED) is 0.411. The number of carbonyl (C=O) groups excluding carboxylic acids is 4. The summed E-state index contributed by atoms with van der Waals surface area (Å²) in [7, 11) is 0. The molecule has 11 heteroatoms. The average Bonchev–Trinajstić information content (AvgIpc) is 3.62. The predicted molar refractivity (Wildman–Crippen MR) is 125 cm³/mol. The number of nitrogens with zero attached hydrogens (tertiary/aromatic N) is 4. The van der Waals surface area contributed by atoms with E-state index in [1.54, 1.807) is 24.5 Å². The van der Waals surface area contributed by atoms with E-state index in [0.29, 0.717) is 17.7 Å². The largest absolute Gasteiger partial charge is 0.464 e.